The van der Waals surface area contributed by atoms with Gasteiger partial charge in [-0.2, -0.15) is 0 Å². The van der Waals surface area contributed by atoms with Crippen molar-refractivity contribution in [3.8, 4) is 0 Å². The summed E-state index contributed by atoms with van der Waals surface area (Å²) in [5.74, 6) is 0. The maximum absolute atomic E-state index is 5.67. The van der Waals surface area contributed by atoms with Gasteiger partial charge in [-0.25, -0.2) is 0 Å². The largest absolute Gasteiger partial charge is 0.342 e. The Kier molecular flexibility index (Phi) is 3.24. The number of aromatic nitrogens is 1. The summed E-state index contributed by atoms with van der Waals surface area (Å²) in [6.45, 7) is 1.50. The lowest BCUT2D eigenvalue weighted by atomic mass is 10.1. The fourth-order valence-corrected chi connectivity index (χ4v) is 3.58. The van der Waals surface area contributed by atoms with Gasteiger partial charge in [-0.3, -0.25) is 0 Å². The smallest absolute Gasteiger partial charge is 0.0580 e. The van der Waals surface area contributed by atoms with Gasteiger partial charge in [0.15, 0.2) is 0 Å². The molecule has 0 atom stereocenters. The lowest BCUT2D eigenvalue weighted by Gasteiger charge is -2.05. The number of thiophene rings is 1. The average Bonchev–Trinajstić information content (AvgIpc) is 2.97. The molecule has 0 fully saturated rings. The number of rotatable bonds is 3. The first kappa shape index (κ1) is 12.0. The van der Waals surface area contributed by atoms with E-state index in [9.17, 15) is 0 Å². The van der Waals surface area contributed by atoms with E-state index in [1.807, 2.05) is 0 Å². The first-order valence-electron chi connectivity index (χ1n) is 5.77. The Labute approximate surface area is 118 Å². The highest BCUT2D eigenvalue weighted by molar-refractivity contribution is 9.10. The summed E-state index contributed by atoms with van der Waals surface area (Å²) in [5.41, 5.74) is 8.10. The van der Waals surface area contributed by atoms with Gasteiger partial charge in [-0.05, 0) is 56.5 Å². The molecule has 0 aliphatic carbocycles. The summed E-state index contributed by atoms with van der Waals surface area (Å²) < 4.78 is 3.46. The van der Waals surface area contributed by atoms with Gasteiger partial charge < -0.3 is 10.3 Å². The molecule has 0 amide bonds. The van der Waals surface area contributed by atoms with Crippen LogP contribution in [0.4, 0.5) is 0 Å². The molecule has 2 N–H and O–H groups in total. The van der Waals surface area contributed by atoms with Gasteiger partial charge in [-0.1, -0.05) is 6.07 Å². The molecular formula is C14H13BrN2S. The molecule has 0 spiro atoms. The minimum Gasteiger partial charge on any atom is -0.342 e. The highest BCUT2D eigenvalue weighted by atomic mass is 79.9. The predicted molar refractivity (Wildman–Crippen MR) is 81.0 cm³/mol. The summed E-state index contributed by atoms with van der Waals surface area (Å²) in [5, 5.41) is 3.36. The summed E-state index contributed by atoms with van der Waals surface area (Å²) in [6, 6.07) is 10.7. The third-order valence-electron chi connectivity index (χ3n) is 3.08. The normalized spacial score (nSPS) is 11.2. The van der Waals surface area contributed by atoms with Gasteiger partial charge in [0.2, 0.25) is 0 Å². The third-order valence-corrected chi connectivity index (χ3v) is 4.99. The van der Waals surface area contributed by atoms with Gasteiger partial charge in [0.1, 0.15) is 0 Å². The Hall–Kier alpha value is -1.10. The van der Waals surface area contributed by atoms with Crippen molar-refractivity contribution in [2.75, 3.05) is 0 Å². The molecule has 0 radical (unpaired) electrons. The summed E-state index contributed by atoms with van der Waals surface area (Å²) in [6.07, 6.45) is 2.14. The molecule has 0 unspecified atom stereocenters. The van der Waals surface area contributed by atoms with Crippen LogP contribution in [-0.4, -0.2) is 4.57 Å². The van der Waals surface area contributed by atoms with Crippen LogP contribution in [0.1, 0.15) is 10.4 Å². The fourth-order valence-electron chi connectivity index (χ4n) is 2.11. The Bertz CT molecular complexity index is 684. The van der Waals surface area contributed by atoms with Crippen LogP contribution in [0.2, 0.25) is 0 Å². The second-order valence-corrected chi connectivity index (χ2v) is 6.09. The van der Waals surface area contributed by atoms with Crippen molar-refractivity contribution in [3.05, 3.63) is 56.8 Å². The predicted octanol–water partition coefficient (Wildman–Crippen LogP) is 3.97. The molecule has 1 aromatic carbocycles. The van der Waals surface area contributed by atoms with E-state index in [4.69, 9.17) is 5.73 Å². The molecular weight excluding hydrogens is 308 g/mol. The van der Waals surface area contributed by atoms with E-state index in [1.165, 1.54) is 25.8 Å². The first-order valence-corrected chi connectivity index (χ1v) is 7.45. The van der Waals surface area contributed by atoms with E-state index in [0.29, 0.717) is 6.54 Å². The van der Waals surface area contributed by atoms with E-state index in [-0.39, 0.29) is 0 Å². The number of hydrogen-bond donors (Lipinski definition) is 1. The number of nitrogens with zero attached hydrogens (tertiary/aromatic N) is 1. The summed E-state index contributed by atoms with van der Waals surface area (Å²) >= 11 is 5.36. The lowest BCUT2D eigenvalue weighted by Crippen LogP contribution is -1.98. The second-order valence-electron chi connectivity index (χ2n) is 4.23. The topological polar surface area (TPSA) is 30.9 Å². The fraction of sp³-hybridized carbons (Fsp3) is 0.143. The van der Waals surface area contributed by atoms with Crippen molar-refractivity contribution < 1.29 is 0 Å². The number of nitrogens with two attached hydrogens (primary N) is 1. The molecule has 0 bridgehead atoms. The van der Waals surface area contributed by atoms with E-state index in [0.717, 1.165) is 6.54 Å². The van der Waals surface area contributed by atoms with Crippen LogP contribution in [-0.2, 0) is 13.1 Å². The van der Waals surface area contributed by atoms with Crippen LogP contribution in [0.3, 0.4) is 0 Å². The van der Waals surface area contributed by atoms with Crippen molar-refractivity contribution in [2.24, 2.45) is 5.73 Å². The molecule has 3 rings (SSSR count). The van der Waals surface area contributed by atoms with Crippen molar-refractivity contribution in [1.82, 2.24) is 4.57 Å². The van der Waals surface area contributed by atoms with E-state index in [1.54, 1.807) is 11.3 Å². The van der Waals surface area contributed by atoms with Crippen LogP contribution in [0, 0.1) is 0 Å². The number of hydrogen-bond acceptors (Lipinski definition) is 2. The molecule has 3 aromatic rings. The van der Waals surface area contributed by atoms with Gasteiger partial charge >= 0.3 is 0 Å². The molecule has 18 heavy (non-hydrogen) atoms. The zero-order valence-corrected chi connectivity index (χ0v) is 12.2. The molecule has 2 nitrogen and oxygen atoms in total. The molecule has 0 saturated heterocycles. The maximum Gasteiger partial charge on any atom is 0.0580 e. The van der Waals surface area contributed by atoms with E-state index < -0.39 is 0 Å². The highest BCUT2D eigenvalue weighted by Crippen LogP contribution is 2.26. The summed E-state index contributed by atoms with van der Waals surface area (Å²) in [7, 11) is 0. The zero-order valence-electron chi connectivity index (χ0n) is 9.77. The van der Waals surface area contributed by atoms with Crippen LogP contribution in [0.25, 0.3) is 10.9 Å². The number of benzene rings is 1. The van der Waals surface area contributed by atoms with Crippen LogP contribution < -0.4 is 5.73 Å². The molecule has 2 heterocycles. The Morgan fingerprint density at radius 1 is 1.22 bits per heavy atom. The first-order chi connectivity index (χ1) is 8.78. The van der Waals surface area contributed by atoms with Gasteiger partial charge in [0, 0.05) is 27.6 Å². The monoisotopic (exact) mass is 320 g/mol. The minimum atomic E-state index is 0.595. The van der Waals surface area contributed by atoms with Crippen molar-refractivity contribution in [1.29, 1.82) is 0 Å². The van der Waals surface area contributed by atoms with Crippen LogP contribution >= 0.6 is 27.3 Å². The maximum atomic E-state index is 5.67. The molecule has 92 valence electrons. The van der Waals surface area contributed by atoms with Gasteiger partial charge in [0.25, 0.3) is 0 Å². The van der Waals surface area contributed by atoms with Crippen molar-refractivity contribution in [2.45, 2.75) is 13.1 Å². The summed E-state index contributed by atoms with van der Waals surface area (Å²) in [4.78, 5) is 1.34. The quantitative estimate of drug-likeness (QED) is 0.777. The zero-order chi connectivity index (χ0) is 12.5. The Morgan fingerprint density at radius 3 is 2.83 bits per heavy atom. The van der Waals surface area contributed by atoms with E-state index in [2.05, 4.69) is 62.4 Å². The van der Waals surface area contributed by atoms with Crippen molar-refractivity contribution in [3.63, 3.8) is 0 Å². The molecule has 0 aliphatic rings. The minimum absolute atomic E-state index is 0.595. The van der Waals surface area contributed by atoms with E-state index >= 15 is 0 Å². The van der Waals surface area contributed by atoms with Crippen LogP contribution in [0.5, 0.6) is 0 Å². The molecule has 4 heteroatoms. The second kappa shape index (κ2) is 4.88. The van der Waals surface area contributed by atoms with Crippen LogP contribution in [0.15, 0.2) is 46.4 Å². The molecule has 2 aromatic heterocycles. The average molecular weight is 321 g/mol. The number of fused-ring (bicyclic) bond motifs is 1. The highest BCUT2D eigenvalue weighted by Gasteiger charge is 2.06. The third kappa shape index (κ3) is 2.11. The lowest BCUT2D eigenvalue weighted by molar-refractivity contribution is 0.848. The molecule has 0 aliphatic heterocycles. The Balaban J connectivity index is 2.00. The van der Waals surface area contributed by atoms with Crippen molar-refractivity contribution >= 4 is 38.2 Å². The molecule has 0 saturated carbocycles. The van der Waals surface area contributed by atoms with Gasteiger partial charge in [0.05, 0.1) is 6.54 Å². The number of halogens is 1. The van der Waals surface area contributed by atoms with Gasteiger partial charge in [-0.15, -0.1) is 11.3 Å². The SMILES string of the molecule is NCc1ccc2c(ccn2Cc2sccc2Br)c1. The standard InChI is InChI=1S/C14H13BrN2S/c15-12-4-6-18-14(12)9-17-5-3-11-7-10(8-16)1-2-13(11)17/h1-7H,8-9,16H2. The Morgan fingerprint density at radius 2 is 2.11 bits per heavy atom.